The maximum absolute atomic E-state index is 12.8. The van der Waals surface area contributed by atoms with E-state index in [-0.39, 0.29) is 12.4 Å². The maximum atomic E-state index is 12.8. The van der Waals surface area contributed by atoms with Crippen LogP contribution in [0.1, 0.15) is 5.56 Å². The summed E-state index contributed by atoms with van der Waals surface area (Å²) in [5.41, 5.74) is 1.01. The molecule has 4 heteroatoms. The van der Waals surface area contributed by atoms with Gasteiger partial charge in [-0.2, -0.15) is 0 Å². The van der Waals surface area contributed by atoms with E-state index in [4.69, 9.17) is 16.3 Å². The minimum atomic E-state index is -0.242. The van der Waals surface area contributed by atoms with Crippen molar-refractivity contribution in [1.82, 2.24) is 4.90 Å². The monoisotopic (exact) mass is 251 g/mol. The predicted octanol–water partition coefficient (Wildman–Crippen LogP) is 1.27. The molecule has 0 aromatic heterocycles. The van der Waals surface area contributed by atoms with E-state index in [0.717, 1.165) is 5.56 Å². The fourth-order valence-corrected chi connectivity index (χ4v) is 1.55. The molecular formula is C14H18FNO2. The van der Waals surface area contributed by atoms with Crippen molar-refractivity contribution in [2.75, 3.05) is 32.9 Å². The van der Waals surface area contributed by atoms with Crippen molar-refractivity contribution in [2.24, 2.45) is 0 Å². The van der Waals surface area contributed by atoms with Crippen LogP contribution in [0.5, 0.6) is 0 Å². The normalized spacial score (nSPS) is 10.6. The van der Waals surface area contributed by atoms with Crippen LogP contribution >= 0.6 is 0 Å². The van der Waals surface area contributed by atoms with E-state index in [1.54, 1.807) is 12.1 Å². The minimum absolute atomic E-state index is 0.0209. The summed E-state index contributed by atoms with van der Waals surface area (Å²) in [6, 6.07) is 6.36. The lowest BCUT2D eigenvalue weighted by atomic mass is 10.2. The molecule has 0 spiro atoms. The minimum Gasteiger partial charge on any atom is -0.394 e. The van der Waals surface area contributed by atoms with E-state index < -0.39 is 0 Å². The number of aliphatic hydroxyl groups is 1. The highest BCUT2D eigenvalue weighted by atomic mass is 19.1. The van der Waals surface area contributed by atoms with Gasteiger partial charge in [-0.15, -0.1) is 6.42 Å². The Morgan fingerprint density at radius 3 is 2.61 bits per heavy atom. The largest absolute Gasteiger partial charge is 0.394 e. The molecule has 0 atom stereocenters. The van der Waals surface area contributed by atoms with Gasteiger partial charge in [-0.05, 0) is 17.7 Å². The molecule has 0 bridgehead atoms. The molecule has 0 fully saturated rings. The molecule has 0 unspecified atom stereocenters. The molecule has 1 N–H and O–H groups in total. The first-order chi connectivity index (χ1) is 8.76. The van der Waals surface area contributed by atoms with Gasteiger partial charge in [-0.1, -0.05) is 18.1 Å². The number of nitrogens with zero attached hydrogens (tertiary/aromatic N) is 1. The van der Waals surface area contributed by atoms with Gasteiger partial charge in [0.1, 0.15) is 5.82 Å². The number of aliphatic hydroxyl groups excluding tert-OH is 1. The summed E-state index contributed by atoms with van der Waals surface area (Å²) in [6.07, 6.45) is 5.31. The topological polar surface area (TPSA) is 32.7 Å². The molecule has 0 aliphatic rings. The summed E-state index contributed by atoms with van der Waals surface area (Å²) in [5.74, 6) is 2.35. The van der Waals surface area contributed by atoms with Crippen molar-refractivity contribution in [3.05, 3.63) is 35.6 Å². The van der Waals surface area contributed by atoms with Crippen LogP contribution in [0.15, 0.2) is 24.3 Å². The Morgan fingerprint density at radius 2 is 2.00 bits per heavy atom. The van der Waals surface area contributed by atoms with Crippen LogP contribution in [0, 0.1) is 18.2 Å². The van der Waals surface area contributed by atoms with Gasteiger partial charge in [-0.25, -0.2) is 4.39 Å². The van der Waals surface area contributed by atoms with E-state index in [1.165, 1.54) is 12.1 Å². The Hall–Kier alpha value is -1.41. The molecule has 0 aliphatic carbocycles. The average Bonchev–Trinajstić information content (AvgIpc) is 2.37. The average molecular weight is 251 g/mol. The van der Waals surface area contributed by atoms with Gasteiger partial charge < -0.3 is 9.84 Å². The molecule has 0 amide bonds. The number of rotatable bonds is 8. The standard InChI is InChI=1S/C14H18FNO2/c1-2-7-16(8-10-18-11-9-17)12-13-3-5-14(15)6-4-13/h1,3-6,17H,7-12H2. The van der Waals surface area contributed by atoms with E-state index in [0.29, 0.717) is 32.8 Å². The summed E-state index contributed by atoms with van der Waals surface area (Å²) in [4.78, 5) is 2.03. The molecule has 3 nitrogen and oxygen atoms in total. The first-order valence-corrected chi connectivity index (χ1v) is 5.85. The Morgan fingerprint density at radius 1 is 1.28 bits per heavy atom. The van der Waals surface area contributed by atoms with Crippen molar-refractivity contribution < 1.29 is 14.2 Å². The number of ether oxygens (including phenoxy) is 1. The summed E-state index contributed by atoms with van der Waals surface area (Å²) in [5, 5.41) is 8.59. The molecule has 1 aromatic carbocycles. The summed E-state index contributed by atoms with van der Waals surface area (Å²) in [7, 11) is 0. The number of hydrogen-bond acceptors (Lipinski definition) is 3. The molecule has 98 valence electrons. The van der Waals surface area contributed by atoms with Crippen LogP contribution in [0.3, 0.4) is 0 Å². The lowest BCUT2D eigenvalue weighted by Gasteiger charge is -2.19. The third-order valence-corrected chi connectivity index (χ3v) is 2.42. The highest BCUT2D eigenvalue weighted by Gasteiger charge is 2.04. The van der Waals surface area contributed by atoms with Crippen LogP contribution in [-0.4, -0.2) is 42.9 Å². The van der Waals surface area contributed by atoms with Crippen LogP contribution in [0.2, 0.25) is 0 Å². The first kappa shape index (κ1) is 14.7. The quantitative estimate of drug-likeness (QED) is 0.558. The molecule has 0 radical (unpaired) electrons. The molecule has 0 aliphatic heterocycles. The van der Waals surface area contributed by atoms with Crippen LogP contribution in [-0.2, 0) is 11.3 Å². The van der Waals surface area contributed by atoms with Crippen LogP contribution < -0.4 is 0 Å². The van der Waals surface area contributed by atoms with Gasteiger partial charge in [0.05, 0.1) is 26.4 Å². The lowest BCUT2D eigenvalue weighted by molar-refractivity contribution is 0.0749. The maximum Gasteiger partial charge on any atom is 0.123 e. The zero-order valence-corrected chi connectivity index (χ0v) is 10.3. The van der Waals surface area contributed by atoms with Crippen molar-refractivity contribution in [3.8, 4) is 12.3 Å². The van der Waals surface area contributed by atoms with Crippen molar-refractivity contribution in [1.29, 1.82) is 0 Å². The van der Waals surface area contributed by atoms with Gasteiger partial charge in [0.2, 0.25) is 0 Å². The fraction of sp³-hybridized carbons (Fsp3) is 0.429. The molecule has 18 heavy (non-hydrogen) atoms. The van der Waals surface area contributed by atoms with Crippen LogP contribution in [0.4, 0.5) is 4.39 Å². The zero-order chi connectivity index (χ0) is 13.2. The second-order valence-electron chi connectivity index (χ2n) is 3.88. The molecule has 0 heterocycles. The molecule has 0 saturated heterocycles. The Balaban J connectivity index is 2.42. The predicted molar refractivity (Wildman–Crippen MR) is 68.4 cm³/mol. The highest BCUT2D eigenvalue weighted by molar-refractivity contribution is 5.16. The highest BCUT2D eigenvalue weighted by Crippen LogP contribution is 2.06. The van der Waals surface area contributed by atoms with Gasteiger partial charge >= 0.3 is 0 Å². The van der Waals surface area contributed by atoms with E-state index >= 15 is 0 Å². The Labute approximate surface area is 107 Å². The lowest BCUT2D eigenvalue weighted by Crippen LogP contribution is -2.28. The molecule has 1 rings (SSSR count). The second-order valence-corrected chi connectivity index (χ2v) is 3.88. The fourth-order valence-electron chi connectivity index (χ4n) is 1.55. The summed E-state index contributed by atoms with van der Waals surface area (Å²) < 4.78 is 18.0. The molecule has 0 saturated carbocycles. The smallest absolute Gasteiger partial charge is 0.123 e. The number of benzene rings is 1. The third-order valence-electron chi connectivity index (χ3n) is 2.42. The van der Waals surface area contributed by atoms with Gasteiger partial charge in [0.25, 0.3) is 0 Å². The molecule has 1 aromatic rings. The van der Waals surface area contributed by atoms with Gasteiger partial charge in [-0.3, -0.25) is 4.90 Å². The van der Waals surface area contributed by atoms with Gasteiger partial charge in [0, 0.05) is 13.1 Å². The summed E-state index contributed by atoms with van der Waals surface area (Å²) >= 11 is 0. The van der Waals surface area contributed by atoms with E-state index in [1.807, 2.05) is 4.90 Å². The Kier molecular flexibility index (Phi) is 7.04. The van der Waals surface area contributed by atoms with Crippen LogP contribution in [0.25, 0.3) is 0 Å². The van der Waals surface area contributed by atoms with E-state index in [2.05, 4.69) is 5.92 Å². The van der Waals surface area contributed by atoms with Crippen molar-refractivity contribution in [3.63, 3.8) is 0 Å². The number of hydrogen-bond donors (Lipinski definition) is 1. The first-order valence-electron chi connectivity index (χ1n) is 5.85. The third kappa shape index (κ3) is 5.78. The Bertz CT molecular complexity index is 372. The van der Waals surface area contributed by atoms with Gasteiger partial charge in [0.15, 0.2) is 0 Å². The van der Waals surface area contributed by atoms with E-state index in [9.17, 15) is 4.39 Å². The second kappa shape index (κ2) is 8.65. The summed E-state index contributed by atoms with van der Waals surface area (Å²) in [6.45, 7) is 2.73. The number of terminal acetylenes is 1. The SMILES string of the molecule is C#CCN(CCOCCO)Cc1ccc(F)cc1. The number of halogens is 1. The molecular weight excluding hydrogens is 233 g/mol. The zero-order valence-electron chi connectivity index (χ0n) is 10.3. The van der Waals surface area contributed by atoms with Crippen molar-refractivity contribution in [2.45, 2.75) is 6.54 Å². The van der Waals surface area contributed by atoms with Crippen molar-refractivity contribution >= 4 is 0 Å².